The van der Waals surface area contributed by atoms with Gasteiger partial charge in [0.15, 0.2) is 0 Å². The van der Waals surface area contributed by atoms with Crippen LogP contribution in [0, 0.1) is 17.3 Å². The van der Waals surface area contributed by atoms with E-state index in [1.54, 1.807) is 0 Å². The third-order valence-corrected chi connectivity index (χ3v) is 4.02. The Hall–Kier alpha value is -0.0400. The zero-order chi connectivity index (χ0) is 11.4. The first kappa shape index (κ1) is 14.0. The molecule has 0 aliphatic heterocycles. The predicted molar refractivity (Wildman–Crippen MR) is 63.3 cm³/mol. The molecule has 3 unspecified atom stereocenters. The molecule has 86 valence electrons. The molecule has 0 spiro atoms. The molecule has 0 saturated heterocycles. The molecule has 0 aromatic heterocycles. The molecule has 14 heavy (non-hydrogen) atoms. The Balaban J connectivity index is 4.11. The summed E-state index contributed by atoms with van der Waals surface area (Å²) in [5.74, 6) is 1.35. The molecule has 3 atom stereocenters. The normalized spacial score (nSPS) is 19.1. The van der Waals surface area contributed by atoms with Gasteiger partial charge in [0, 0.05) is 0 Å². The Kier molecular flexibility index (Phi) is 5.73. The lowest BCUT2D eigenvalue weighted by molar-refractivity contribution is 0.0225. The van der Waals surface area contributed by atoms with Gasteiger partial charge in [-0.2, -0.15) is 0 Å². The van der Waals surface area contributed by atoms with Gasteiger partial charge in [-0.1, -0.05) is 48.0 Å². The van der Waals surface area contributed by atoms with Crippen molar-refractivity contribution in [2.24, 2.45) is 17.3 Å². The van der Waals surface area contributed by atoms with Crippen molar-refractivity contribution in [1.82, 2.24) is 0 Å². The van der Waals surface area contributed by atoms with Crippen molar-refractivity contribution in [2.75, 3.05) is 0 Å². The standard InChI is InChI=1S/C13H28O/c1-7-10(3)11(4)9-12(14)13(5,6)8-2/h10-12,14H,7-9H2,1-6H3. The van der Waals surface area contributed by atoms with Crippen LogP contribution in [0.1, 0.15) is 60.8 Å². The number of hydrogen-bond acceptors (Lipinski definition) is 1. The Morgan fingerprint density at radius 2 is 1.57 bits per heavy atom. The van der Waals surface area contributed by atoms with Crippen LogP contribution in [0.15, 0.2) is 0 Å². The number of rotatable bonds is 6. The molecular formula is C13H28O. The van der Waals surface area contributed by atoms with Crippen molar-refractivity contribution < 1.29 is 5.11 Å². The van der Waals surface area contributed by atoms with Crippen LogP contribution in [0.5, 0.6) is 0 Å². The van der Waals surface area contributed by atoms with E-state index >= 15 is 0 Å². The van der Waals surface area contributed by atoms with Crippen molar-refractivity contribution >= 4 is 0 Å². The van der Waals surface area contributed by atoms with Gasteiger partial charge >= 0.3 is 0 Å². The van der Waals surface area contributed by atoms with Crippen LogP contribution < -0.4 is 0 Å². The van der Waals surface area contributed by atoms with Crippen LogP contribution in [-0.2, 0) is 0 Å². The summed E-state index contributed by atoms with van der Waals surface area (Å²) < 4.78 is 0. The molecule has 1 N–H and O–H groups in total. The smallest absolute Gasteiger partial charge is 0.0593 e. The lowest BCUT2D eigenvalue weighted by Gasteiger charge is -2.32. The van der Waals surface area contributed by atoms with Gasteiger partial charge in [-0.05, 0) is 30.1 Å². The molecule has 1 nitrogen and oxygen atoms in total. The van der Waals surface area contributed by atoms with Crippen molar-refractivity contribution in [3.63, 3.8) is 0 Å². The quantitative estimate of drug-likeness (QED) is 0.690. The van der Waals surface area contributed by atoms with Gasteiger partial charge in [0.05, 0.1) is 6.10 Å². The van der Waals surface area contributed by atoms with Gasteiger partial charge in [0.1, 0.15) is 0 Å². The molecule has 0 amide bonds. The Labute approximate surface area is 89.9 Å². The molecule has 0 bridgehead atoms. The first-order valence-electron chi connectivity index (χ1n) is 6.03. The highest BCUT2D eigenvalue weighted by atomic mass is 16.3. The fourth-order valence-corrected chi connectivity index (χ4v) is 1.54. The van der Waals surface area contributed by atoms with E-state index in [9.17, 15) is 5.11 Å². The average molecular weight is 200 g/mol. The summed E-state index contributed by atoms with van der Waals surface area (Å²) in [7, 11) is 0. The topological polar surface area (TPSA) is 20.2 Å². The molecule has 0 aliphatic rings. The van der Waals surface area contributed by atoms with E-state index in [0.717, 1.165) is 18.8 Å². The predicted octanol–water partition coefficient (Wildman–Crippen LogP) is 3.86. The third kappa shape index (κ3) is 4.00. The van der Waals surface area contributed by atoms with Crippen LogP contribution in [0.2, 0.25) is 0 Å². The zero-order valence-corrected chi connectivity index (χ0v) is 10.8. The molecule has 1 heteroatoms. The van der Waals surface area contributed by atoms with E-state index in [4.69, 9.17) is 0 Å². The van der Waals surface area contributed by atoms with Gasteiger partial charge in [0.2, 0.25) is 0 Å². The van der Waals surface area contributed by atoms with Crippen molar-refractivity contribution in [1.29, 1.82) is 0 Å². The summed E-state index contributed by atoms with van der Waals surface area (Å²) in [4.78, 5) is 0. The van der Waals surface area contributed by atoms with Gasteiger partial charge in [-0.15, -0.1) is 0 Å². The van der Waals surface area contributed by atoms with E-state index in [-0.39, 0.29) is 11.5 Å². The minimum atomic E-state index is -0.156. The van der Waals surface area contributed by atoms with E-state index in [1.807, 2.05) is 0 Å². The lowest BCUT2D eigenvalue weighted by Crippen LogP contribution is -2.31. The van der Waals surface area contributed by atoms with E-state index < -0.39 is 0 Å². The van der Waals surface area contributed by atoms with Crippen LogP contribution in [0.3, 0.4) is 0 Å². The molecule has 0 saturated carbocycles. The second-order valence-electron chi connectivity index (χ2n) is 5.46. The Morgan fingerprint density at radius 3 is 1.93 bits per heavy atom. The summed E-state index contributed by atoms with van der Waals surface area (Å²) >= 11 is 0. The molecule has 0 aliphatic carbocycles. The summed E-state index contributed by atoms with van der Waals surface area (Å²) in [5.41, 5.74) is 0.0712. The van der Waals surface area contributed by atoms with Gasteiger partial charge < -0.3 is 5.11 Å². The first-order valence-corrected chi connectivity index (χ1v) is 6.03. The molecule has 0 aromatic rings. The molecular weight excluding hydrogens is 172 g/mol. The van der Waals surface area contributed by atoms with Crippen molar-refractivity contribution in [3.8, 4) is 0 Å². The Morgan fingerprint density at radius 1 is 1.07 bits per heavy atom. The minimum absolute atomic E-state index is 0.0712. The van der Waals surface area contributed by atoms with Crippen LogP contribution in [-0.4, -0.2) is 11.2 Å². The zero-order valence-electron chi connectivity index (χ0n) is 10.8. The molecule has 0 rings (SSSR count). The van der Waals surface area contributed by atoms with E-state index in [0.29, 0.717) is 5.92 Å². The number of aliphatic hydroxyl groups is 1. The maximum Gasteiger partial charge on any atom is 0.0593 e. The largest absolute Gasteiger partial charge is 0.393 e. The lowest BCUT2D eigenvalue weighted by atomic mass is 9.77. The van der Waals surface area contributed by atoms with Crippen LogP contribution in [0.25, 0.3) is 0 Å². The second-order valence-corrected chi connectivity index (χ2v) is 5.46. The van der Waals surface area contributed by atoms with Crippen LogP contribution >= 0.6 is 0 Å². The van der Waals surface area contributed by atoms with Crippen molar-refractivity contribution in [2.45, 2.75) is 66.9 Å². The number of hydrogen-bond donors (Lipinski definition) is 1. The highest BCUT2D eigenvalue weighted by molar-refractivity contribution is 4.78. The average Bonchev–Trinajstić information content (AvgIpc) is 2.16. The van der Waals surface area contributed by atoms with Crippen molar-refractivity contribution in [3.05, 3.63) is 0 Å². The fraction of sp³-hybridized carbons (Fsp3) is 1.00. The highest BCUT2D eigenvalue weighted by Gasteiger charge is 2.28. The molecule has 0 fully saturated rings. The summed E-state index contributed by atoms with van der Waals surface area (Å²) in [5, 5.41) is 10.1. The van der Waals surface area contributed by atoms with Gasteiger partial charge in [-0.25, -0.2) is 0 Å². The van der Waals surface area contributed by atoms with E-state index in [1.165, 1.54) is 6.42 Å². The SMILES string of the molecule is CCC(C)C(C)CC(O)C(C)(C)CC. The summed E-state index contributed by atoms with van der Waals surface area (Å²) in [6.07, 6.45) is 3.04. The maximum absolute atomic E-state index is 10.1. The monoisotopic (exact) mass is 200 g/mol. The first-order chi connectivity index (χ1) is 6.35. The van der Waals surface area contributed by atoms with Gasteiger partial charge in [-0.3, -0.25) is 0 Å². The molecule has 0 aromatic carbocycles. The van der Waals surface area contributed by atoms with Gasteiger partial charge in [0.25, 0.3) is 0 Å². The highest BCUT2D eigenvalue weighted by Crippen LogP contribution is 2.31. The number of aliphatic hydroxyl groups excluding tert-OH is 1. The van der Waals surface area contributed by atoms with Crippen LogP contribution in [0.4, 0.5) is 0 Å². The Bertz CT molecular complexity index is 151. The maximum atomic E-state index is 10.1. The van der Waals surface area contributed by atoms with E-state index in [2.05, 4.69) is 41.5 Å². The third-order valence-electron chi connectivity index (χ3n) is 4.02. The second kappa shape index (κ2) is 5.75. The molecule has 0 radical (unpaired) electrons. The summed E-state index contributed by atoms with van der Waals surface area (Å²) in [6.45, 7) is 13.2. The molecule has 0 heterocycles. The minimum Gasteiger partial charge on any atom is -0.393 e. The summed E-state index contributed by atoms with van der Waals surface area (Å²) in [6, 6.07) is 0. The fourth-order valence-electron chi connectivity index (χ4n) is 1.54.